The summed E-state index contributed by atoms with van der Waals surface area (Å²) in [6.45, 7) is 8.34. The van der Waals surface area contributed by atoms with Gasteiger partial charge in [0.25, 0.3) is 0 Å². The summed E-state index contributed by atoms with van der Waals surface area (Å²) >= 11 is 3.49. The number of nitrogens with two attached hydrogens (primary N) is 1. The molecule has 2 atom stereocenters. The second-order valence-corrected chi connectivity index (χ2v) is 6.41. The molecule has 2 N–H and O–H groups in total. The predicted molar refractivity (Wildman–Crippen MR) is 78.2 cm³/mol. The Morgan fingerprint density at radius 1 is 1.28 bits per heavy atom. The summed E-state index contributed by atoms with van der Waals surface area (Å²) in [5, 5.41) is 0. The van der Waals surface area contributed by atoms with Gasteiger partial charge in [-0.3, -0.25) is 0 Å². The fourth-order valence-corrected chi connectivity index (χ4v) is 2.36. The minimum atomic E-state index is -0.0535. The highest BCUT2D eigenvalue weighted by Crippen LogP contribution is 2.33. The topological polar surface area (TPSA) is 44.5 Å². The molecule has 0 aromatic heterocycles. The summed E-state index contributed by atoms with van der Waals surface area (Å²) < 4.78 is 12.1. The van der Waals surface area contributed by atoms with Gasteiger partial charge in [-0.2, -0.15) is 0 Å². The van der Waals surface area contributed by atoms with Crippen molar-refractivity contribution in [2.75, 3.05) is 7.11 Å². The highest BCUT2D eigenvalue weighted by atomic mass is 79.9. The molecule has 0 bridgehead atoms. The Morgan fingerprint density at radius 2 is 1.89 bits per heavy atom. The Morgan fingerprint density at radius 3 is 2.28 bits per heavy atom. The van der Waals surface area contributed by atoms with Crippen molar-refractivity contribution in [3.8, 4) is 11.5 Å². The first-order chi connectivity index (χ1) is 8.25. The van der Waals surface area contributed by atoms with E-state index in [4.69, 9.17) is 15.2 Å². The molecule has 1 aromatic rings. The smallest absolute Gasteiger partial charge is 0.134 e. The number of ether oxygens (including phenoxy) is 2. The zero-order valence-electron chi connectivity index (χ0n) is 11.7. The molecule has 0 radical (unpaired) electrons. The van der Waals surface area contributed by atoms with Crippen molar-refractivity contribution in [2.24, 2.45) is 11.1 Å². The van der Waals surface area contributed by atoms with Crippen LogP contribution in [0.4, 0.5) is 0 Å². The number of halogens is 1. The van der Waals surface area contributed by atoms with Crippen LogP contribution in [-0.2, 0) is 0 Å². The lowest BCUT2D eigenvalue weighted by molar-refractivity contribution is 0.0677. The Kier molecular flexibility index (Phi) is 5.05. The Labute approximate surface area is 118 Å². The third-order valence-corrected chi connectivity index (χ3v) is 3.34. The van der Waals surface area contributed by atoms with Crippen molar-refractivity contribution in [1.82, 2.24) is 0 Å². The van der Waals surface area contributed by atoms with E-state index in [0.29, 0.717) is 0 Å². The summed E-state index contributed by atoms with van der Waals surface area (Å²) in [6, 6.07) is 5.61. The average Bonchev–Trinajstić information content (AvgIpc) is 2.24. The van der Waals surface area contributed by atoms with Gasteiger partial charge in [-0.05, 0) is 41.1 Å². The van der Waals surface area contributed by atoms with Crippen LogP contribution in [-0.4, -0.2) is 19.3 Å². The average molecular weight is 316 g/mol. The molecule has 102 valence electrons. The lowest BCUT2D eigenvalue weighted by Gasteiger charge is -2.34. The molecule has 4 heteroatoms. The lowest BCUT2D eigenvalue weighted by Crippen LogP contribution is -2.45. The van der Waals surface area contributed by atoms with Crippen molar-refractivity contribution < 1.29 is 9.47 Å². The molecule has 0 heterocycles. The third-order valence-electron chi connectivity index (χ3n) is 2.72. The zero-order valence-corrected chi connectivity index (χ0v) is 13.2. The summed E-state index contributed by atoms with van der Waals surface area (Å²) in [5.41, 5.74) is 5.99. The summed E-state index contributed by atoms with van der Waals surface area (Å²) in [5.74, 6) is 1.58. The van der Waals surface area contributed by atoms with Crippen LogP contribution in [0, 0.1) is 5.41 Å². The van der Waals surface area contributed by atoms with E-state index in [9.17, 15) is 0 Å². The van der Waals surface area contributed by atoms with Gasteiger partial charge in [-0.1, -0.05) is 20.8 Å². The predicted octanol–water partition coefficient (Wildman–Crippen LogP) is 3.60. The highest BCUT2D eigenvalue weighted by molar-refractivity contribution is 9.10. The van der Waals surface area contributed by atoms with Crippen molar-refractivity contribution in [3.63, 3.8) is 0 Å². The van der Waals surface area contributed by atoms with E-state index in [2.05, 4.69) is 36.7 Å². The van der Waals surface area contributed by atoms with E-state index >= 15 is 0 Å². The molecule has 0 saturated carbocycles. The largest absolute Gasteiger partial charge is 0.497 e. The second-order valence-electron chi connectivity index (χ2n) is 5.56. The molecule has 3 nitrogen and oxygen atoms in total. The molecule has 0 fully saturated rings. The highest BCUT2D eigenvalue weighted by Gasteiger charge is 2.30. The molecule has 0 aliphatic rings. The van der Waals surface area contributed by atoms with E-state index in [1.807, 2.05) is 25.1 Å². The number of benzene rings is 1. The van der Waals surface area contributed by atoms with Crippen LogP contribution in [0.3, 0.4) is 0 Å². The first kappa shape index (κ1) is 15.3. The number of methoxy groups -OCH3 is 1. The van der Waals surface area contributed by atoms with Gasteiger partial charge in [0.2, 0.25) is 0 Å². The van der Waals surface area contributed by atoms with Gasteiger partial charge < -0.3 is 15.2 Å². The maximum atomic E-state index is 6.04. The molecule has 0 spiro atoms. The normalized spacial score (nSPS) is 15.1. The van der Waals surface area contributed by atoms with Crippen LogP contribution in [0.2, 0.25) is 0 Å². The van der Waals surface area contributed by atoms with Crippen LogP contribution < -0.4 is 15.2 Å². The van der Waals surface area contributed by atoms with Gasteiger partial charge in [-0.15, -0.1) is 0 Å². The molecular formula is C14H22BrNO2. The van der Waals surface area contributed by atoms with Gasteiger partial charge in [-0.25, -0.2) is 0 Å². The number of hydrogen-bond acceptors (Lipinski definition) is 3. The minimum absolute atomic E-state index is 0.0203. The molecule has 0 aliphatic heterocycles. The van der Waals surface area contributed by atoms with Gasteiger partial charge in [0.05, 0.1) is 11.6 Å². The molecule has 0 saturated heterocycles. The SMILES string of the molecule is COc1ccc(OC(C(C)N)C(C)(C)C)c(Br)c1. The molecule has 18 heavy (non-hydrogen) atoms. The summed E-state index contributed by atoms with van der Waals surface area (Å²) in [6.07, 6.45) is -0.0535. The molecule has 0 amide bonds. The lowest BCUT2D eigenvalue weighted by atomic mass is 9.85. The van der Waals surface area contributed by atoms with E-state index in [1.165, 1.54) is 0 Å². The van der Waals surface area contributed by atoms with Crippen molar-refractivity contribution in [1.29, 1.82) is 0 Å². The van der Waals surface area contributed by atoms with Gasteiger partial charge in [0.1, 0.15) is 17.6 Å². The van der Waals surface area contributed by atoms with Gasteiger partial charge in [0.15, 0.2) is 0 Å². The second kappa shape index (κ2) is 5.93. The first-order valence-electron chi connectivity index (χ1n) is 6.01. The quantitative estimate of drug-likeness (QED) is 0.923. The van der Waals surface area contributed by atoms with Crippen LogP contribution in [0.5, 0.6) is 11.5 Å². The van der Waals surface area contributed by atoms with Crippen LogP contribution in [0.1, 0.15) is 27.7 Å². The third kappa shape index (κ3) is 3.89. The Balaban J connectivity index is 2.95. The van der Waals surface area contributed by atoms with E-state index in [0.717, 1.165) is 16.0 Å². The molecular weight excluding hydrogens is 294 g/mol. The van der Waals surface area contributed by atoms with Gasteiger partial charge >= 0.3 is 0 Å². The van der Waals surface area contributed by atoms with Crippen molar-refractivity contribution >= 4 is 15.9 Å². The van der Waals surface area contributed by atoms with E-state index < -0.39 is 0 Å². The summed E-state index contributed by atoms with van der Waals surface area (Å²) in [7, 11) is 1.64. The van der Waals surface area contributed by atoms with E-state index in [1.54, 1.807) is 7.11 Å². The number of hydrogen-bond donors (Lipinski definition) is 1. The Hall–Kier alpha value is -0.740. The van der Waals surface area contributed by atoms with Crippen molar-refractivity contribution in [2.45, 2.75) is 39.8 Å². The number of rotatable bonds is 4. The molecule has 2 unspecified atom stereocenters. The molecule has 1 rings (SSSR count). The van der Waals surface area contributed by atoms with Gasteiger partial charge in [0, 0.05) is 11.5 Å². The minimum Gasteiger partial charge on any atom is -0.497 e. The maximum absolute atomic E-state index is 6.04. The van der Waals surface area contributed by atoms with Crippen molar-refractivity contribution in [3.05, 3.63) is 22.7 Å². The first-order valence-corrected chi connectivity index (χ1v) is 6.80. The molecule has 0 aliphatic carbocycles. The fraction of sp³-hybridized carbons (Fsp3) is 0.571. The molecule has 1 aromatic carbocycles. The fourth-order valence-electron chi connectivity index (χ4n) is 1.91. The maximum Gasteiger partial charge on any atom is 0.134 e. The van der Waals surface area contributed by atoms with Crippen LogP contribution in [0.15, 0.2) is 22.7 Å². The van der Waals surface area contributed by atoms with E-state index in [-0.39, 0.29) is 17.6 Å². The summed E-state index contributed by atoms with van der Waals surface area (Å²) in [4.78, 5) is 0. The standard InChI is InChI=1S/C14H22BrNO2/c1-9(16)13(14(2,3)4)18-12-7-6-10(17-5)8-11(12)15/h6-9,13H,16H2,1-5H3. The zero-order chi connectivity index (χ0) is 13.9. The van der Waals surface area contributed by atoms with Crippen LogP contribution >= 0.6 is 15.9 Å². The monoisotopic (exact) mass is 315 g/mol. The Bertz CT molecular complexity index is 399. The van der Waals surface area contributed by atoms with Crippen LogP contribution in [0.25, 0.3) is 0 Å².